The van der Waals surface area contributed by atoms with Gasteiger partial charge in [0.05, 0.1) is 5.69 Å². The summed E-state index contributed by atoms with van der Waals surface area (Å²) in [7, 11) is 0. The van der Waals surface area contributed by atoms with Crippen LogP contribution >= 0.6 is 28.1 Å². The zero-order valence-corrected chi connectivity index (χ0v) is 15.4. The molecule has 0 saturated carbocycles. The Kier molecular flexibility index (Phi) is 5.68. The molecule has 0 atom stereocenters. The van der Waals surface area contributed by atoms with E-state index < -0.39 is 0 Å². The molecular formula is C19H21BrN2S. The Morgan fingerprint density at radius 1 is 1.04 bits per heavy atom. The SMILES string of the molecule is S=C(Nc1ccccc1Br)N1CCC(Cc2ccccc2)CC1. The summed E-state index contributed by atoms with van der Waals surface area (Å²) in [6.07, 6.45) is 3.58. The van der Waals surface area contributed by atoms with Gasteiger partial charge in [-0.25, -0.2) is 0 Å². The highest BCUT2D eigenvalue weighted by atomic mass is 79.9. The summed E-state index contributed by atoms with van der Waals surface area (Å²) < 4.78 is 1.04. The lowest BCUT2D eigenvalue weighted by atomic mass is 9.90. The second kappa shape index (κ2) is 7.93. The third-order valence-corrected chi connectivity index (χ3v) is 5.44. The minimum Gasteiger partial charge on any atom is -0.349 e. The maximum atomic E-state index is 5.58. The molecule has 1 aliphatic rings. The molecule has 23 heavy (non-hydrogen) atoms. The van der Waals surface area contributed by atoms with Crippen molar-refractivity contribution in [1.82, 2.24) is 4.90 Å². The van der Waals surface area contributed by atoms with Gasteiger partial charge in [-0.2, -0.15) is 0 Å². The molecule has 1 saturated heterocycles. The van der Waals surface area contributed by atoms with Gasteiger partial charge in [-0.05, 0) is 71.0 Å². The van der Waals surface area contributed by atoms with E-state index >= 15 is 0 Å². The molecule has 0 unspecified atom stereocenters. The summed E-state index contributed by atoms with van der Waals surface area (Å²) in [5, 5.41) is 4.18. The van der Waals surface area contributed by atoms with Gasteiger partial charge in [-0.15, -0.1) is 0 Å². The van der Waals surface area contributed by atoms with Crippen molar-refractivity contribution in [1.29, 1.82) is 0 Å². The molecule has 0 radical (unpaired) electrons. The number of likely N-dealkylation sites (tertiary alicyclic amines) is 1. The molecule has 0 bridgehead atoms. The van der Waals surface area contributed by atoms with E-state index in [-0.39, 0.29) is 0 Å². The van der Waals surface area contributed by atoms with Crippen molar-refractivity contribution in [3.63, 3.8) is 0 Å². The number of piperidine rings is 1. The van der Waals surface area contributed by atoms with Gasteiger partial charge < -0.3 is 10.2 Å². The third-order valence-electron chi connectivity index (χ3n) is 4.38. The van der Waals surface area contributed by atoms with Crippen LogP contribution in [0.3, 0.4) is 0 Å². The summed E-state index contributed by atoms with van der Waals surface area (Å²) in [5.74, 6) is 0.764. The van der Waals surface area contributed by atoms with E-state index in [1.807, 2.05) is 24.3 Å². The number of rotatable bonds is 3. The highest BCUT2D eigenvalue weighted by Gasteiger charge is 2.21. The standard InChI is InChI=1S/C19H21BrN2S/c20-17-8-4-5-9-18(17)21-19(23)22-12-10-16(11-13-22)14-15-6-2-1-3-7-15/h1-9,16H,10-14H2,(H,21,23). The molecule has 0 aromatic heterocycles. The van der Waals surface area contributed by atoms with Crippen LogP contribution in [0.15, 0.2) is 59.1 Å². The molecular weight excluding hydrogens is 368 g/mol. The molecule has 1 N–H and O–H groups in total. The lowest BCUT2D eigenvalue weighted by molar-refractivity contribution is 0.268. The number of anilines is 1. The highest BCUT2D eigenvalue weighted by Crippen LogP contribution is 2.24. The number of hydrogen-bond donors (Lipinski definition) is 1. The number of hydrogen-bond acceptors (Lipinski definition) is 1. The Morgan fingerprint density at radius 3 is 2.39 bits per heavy atom. The number of nitrogens with zero attached hydrogens (tertiary/aromatic N) is 1. The van der Waals surface area contributed by atoms with Gasteiger partial charge in [0.1, 0.15) is 0 Å². The van der Waals surface area contributed by atoms with Crippen molar-refractivity contribution >= 4 is 38.9 Å². The minimum absolute atomic E-state index is 0.764. The molecule has 2 nitrogen and oxygen atoms in total. The van der Waals surface area contributed by atoms with Crippen molar-refractivity contribution in [2.75, 3.05) is 18.4 Å². The maximum Gasteiger partial charge on any atom is 0.173 e. The van der Waals surface area contributed by atoms with E-state index in [9.17, 15) is 0 Å². The van der Waals surface area contributed by atoms with Crippen molar-refractivity contribution < 1.29 is 0 Å². The number of benzene rings is 2. The predicted octanol–water partition coefficient (Wildman–Crippen LogP) is 5.10. The first-order chi connectivity index (χ1) is 11.2. The summed E-state index contributed by atoms with van der Waals surface area (Å²) >= 11 is 9.13. The van der Waals surface area contributed by atoms with E-state index in [1.54, 1.807) is 0 Å². The second-order valence-corrected chi connectivity index (χ2v) is 7.27. The number of para-hydroxylation sites is 1. The Morgan fingerprint density at radius 2 is 1.70 bits per heavy atom. The first-order valence-corrected chi connectivity index (χ1v) is 9.27. The summed E-state index contributed by atoms with van der Waals surface area (Å²) in [6.45, 7) is 2.07. The van der Waals surface area contributed by atoms with Gasteiger partial charge >= 0.3 is 0 Å². The highest BCUT2D eigenvalue weighted by molar-refractivity contribution is 9.10. The molecule has 0 amide bonds. The predicted molar refractivity (Wildman–Crippen MR) is 105 cm³/mol. The molecule has 3 rings (SSSR count). The van der Waals surface area contributed by atoms with Crippen LogP contribution in [0.2, 0.25) is 0 Å². The Labute approximate surface area is 152 Å². The van der Waals surface area contributed by atoms with Crippen molar-refractivity contribution in [3.8, 4) is 0 Å². The fourth-order valence-electron chi connectivity index (χ4n) is 3.04. The lowest BCUT2D eigenvalue weighted by Crippen LogP contribution is -2.41. The summed E-state index contributed by atoms with van der Waals surface area (Å²) in [4.78, 5) is 2.29. The summed E-state index contributed by atoms with van der Waals surface area (Å²) in [5.41, 5.74) is 2.48. The largest absolute Gasteiger partial charge is 0.349 e. The summed E-state index contributed by atoms with van der Waals surface area (Å²) in [6, 6.07) is 18.9. The molecule has 1 aliphatic heterocycles. The third kappa shape index (κ3) is 4.55. The number of halogens is 1. The molecule has 1 heterocycles. The van der Waals surface area contributed by atoms with Gasteiger partial charge in [-0.3, -0.25) is 0 Å². The smallest absolute Gasteiger partial charge is 0.173 e. The van der Waals surface area contributed by atoms with Crippen LogP contribution in [0.1, 0.15) is 18.4 Å². The zero-order valence-electron chi connectivity index (χ0n) is 13.0. The fraction of sp³-hybridized carbons (Fsp3) is 0.316. The van der Waals surface area contributed by atoms with E-state index in [2.05, 4.69) is 56.5 Å². The second-order valence-electron chi connectivity index (χ2n) is 6.03. The van der Waals surface area contributed by atoms with Crippen LogP contribution < -0.4 is 5.32 Å². The first-order valence-electron chi connectivity index (χ1n) is 8.07. The van der Waals surface area contributed by atoms with Gasteiger partial charge in [0.15, 0.2) is 5.11 Å². The fourth-order valence-corrected chi connectivity index (χ4v) is 3.72. The monoisotopic (exact) mass is 388 g/mol. The van der Waals surface area contributed by atoms with Gasteiger partial charge in [0.25, 0.3) is 0 Å². The van der Waals surface area contributed by atoms with Gasteiger partial charge in [0, 0.05) is 17.6 Å². The van der Waals surface area contributed by atoms with Gasteiger partial charge in [-0.1, -0.05) is 42.5 Å². The van der Waals surface area contributed by atoms with E-state index in [0.29, 0.717) is 0 Å². The lowest BCUT2D eigenvalue weighted by Gasteiger charge is -2.34. The molecule has 1 fully saturated rings. The van der Waals surface area contributed by atoms with E-state index in [0.717, 1.165) is 34.3 Å². The Bertz CT molecular complexity index is 651. The molecule has 120 valence electrons. The average molecular weight is 389 g/mol. The van der Waals surface area contributed by atoms with Crippen LogP contribution in [0.4, 0.5) is 5.69 Å². The van der Waals surface area contributed by atoms with Crippen molar-refractivity contribution in [3.05, 3.63) is 64.6 Å². The van der Waals surface area contributed by atoms with Crippen LogP contribution in [0.25, 0.3) is 0 Å². The van der Waals surface area contributed by atoms with E-state index in [4.69, 9.17) is 12.2 Å². The van der Waals surface area contributed by atoms with Crippen LogP contribution in [0.5, 0.6) is 0 Å². The minimum atomic E-state index is 0.764. The molecule has 4 heteroatoms. The number of nitrogens with one attached hydrogen (secondary N) is 1. The number of thiocarbonyl (C=S) groups is 1. The molecule has 0 spiro atoms. The Hall–Kier alpha value is -1.39. The van der Waals surface area contributed by atoms with E-state index in [1.165, 1.54) is 24.8 Å². The van der Waals surface area contributed by atoms with Crippen LogP contribution in [-0.2, 0) is 6.42 Å². The average Bonchev–Trinajstić information content (AvgIpc) is 2.58. The maximum absolute atomic E-state index is 5.58. The van der Waals surface area contributed by atoms with Crippen molar-refractivity contribution in [2.24, 2.45) is 5.92 Å². The topological polar surface area (TPSA) is 15.3 Å². The normalized spacial score (nSPS) is 15.4. The molecule has 0 aliphatic carbocycles. The quantitative estimate of drug-likeness (QED) is 0.736. The van der Waals surface area contributed by atoms with Crippen LogP contribution in [-0.4, -0.2) is 23.1 Å². The molecule has 2 aromatic carbocycles. The first kappa shape index (κ1) is 16.5. The van der Waals surface area contributed by atoms with Crippen LogP contribution in [0, 0.1) is 5.92 Å². The van der Waals surface area contributed by atoms with Gasteiger partial charge in [0.2, 0.25) is 0 Å². The molecule has 2 aromatic rings. The van der Waals surface area contributed by atoms with Crippen molar-refractivity contribution in [2.45, 2.75) is 19.3 Å². The zero-order chi connectivity index (χ0) is 16.1. The Balaban J connectivity index is 1.50.